The molecule has 34 valence electrons. The maximum atomic E-state index is 2.90. The van der Waals surface area contributed by atoms with Crippen LogP contribution in [-0.2, 0) is 0 Å². The van der Waals surface area contributed by atoms with E-state index in [0.29, 0.717) is 0 Å². The molecule has 0 fully saturated rings. The lowest BCUT2D eigenvalue weighted by Crippen LogP contribution is -2.03. The molecule has 0 aromatic heterocycles. The third-order valence-corrected chi connectivity index (χ3v) is 0.442. The predicted octanol–water partition coefficient (Wildman–Crippen LogP) is 0.229. The molecule has 0 amide bonds. The van der Waals surface area contributed by atoms with Crippen molar-refractivity contribution in [2.75, 3.05) is 13.6 Å². The van der Waals surface area contributed by atoms with Gasteiger partial charge in [-0.1, -0.05) is 5.92 Å². The molecular weight excluding hydrogens is 74.1 g/mol. The molecule has 0 rings (SSSR count). The molecule has 0 saturated heterocycles. The lowest BCUT2D eigenvalue weighted by atomic mass is 10.6. The minimum Gasteiger partial charge on any atom is -0.309 e. The summed E-state index contributed by atoms with van der Waals surface area (Å²) in [6.45, 7) is 2.63. The normalized spacial score (nSPS) is 6.33. The van der Waals surface area contributed by atoms with E-state index in [2.05, 4.69) is 17.2 Å². The quantitative estimate of drug-likeness (QED) is 0.447. The molecule has 6 heavy (non-hydrogen) atoms. The third-order valence-electron chi connectivity index (χ3n) is 0.442. The van der Waals surface area contributed by atoms with Crippen LogP contribution in [0.3, 0.4) is 0 Å². The van der Waals surface area contributed by atoms with E-state index in [4.69, 9.17) is 0 Å². The van der Waals surface area contributed by atoms with Crippen molar-refractivity contribution in [1.29, 1.82) is 0 Å². The Morgan fingerprint density at radius 2 is 2.33 bits per heavy atom. The van der Waals surface area contributed by atoms with E-state index in [0.717, 1.165) is 6.54 Å². The van der Waals surface area contributed by atoms with Gasteiger partial charge in [0.2, 0.25) is 0 Å². The molecule has 0 heterocycles. The minimum absolute atomic E-state index is 0.802. The summed E-state index contributed by atoms with van der Waals surface area (Å²) in [4.78, 5) is 0. The molecule has 1 N–H and O–H groups in total. The van der Waals surface area contributed by atoms with Gasteiger partial charge in [-0.05, 0) is 14.0 Å². The molecule has 0 aromatic rings. The second-order valence-electron chi connectivity index (χ2n) is 0.957. The molecule has 0 aliphatic carbocycles. The fourth-order valence-corrected chi connectivity index (χ4v) is 0.177. The van der Waals surface area contributed by atoms with Crippen molar-refractivity contribution >= 4 is 0 Å². The van der Waals surface area contributed by atoms with Crippen molar-refractivity contribution in [3.8, 4) is 11.8 Å². The number of nitrogens with one attached hydrogen (secondary N) is 1. The summed E-state index contributed by atoms with van der Waals surface area (Å²) in [7, 11) is 1.88. The van der Waals surface area contributed by atoms with E-state index in [1.165, 1.54) is 0 Å². The van der Waals surface area contributed by atoms with Crippen molar-refractivity contribution in [3.63, 3.8) is 0 Å². The first kappa shape index (κ1) is 5.52. The zero-order valence-corrected chi connectivity index (χ0v) is 4.21. The molecule has 1 heteroatoms. The summed E-state index contributed by atoms with van der Waals surface area (Å²) in [6, 6.07) is 0. The zero-order chi connectivity index (χ0) is 4.83. The van der Waals surface area contributed by atoms with Crippen LogP contribution in [0, 0.1) is 11.8 Å². The summed E-state index contributed by atoms with van der Waals surface area (Å²) in [5.41, 5.74) is 0. The average molecular weight is 83.1 g/mol. The van der Waals surface area contributed by atoms with Gasteiger partial charge in [0.1, 0.15) is 0 Å². The average Bonchev–Trinajstić information content (AvgIpc) is 1.61. The van der Waals surface area contributed by atoms with Crippen LogP contribution in [0.2, 0.25) is 0 Å². The molecule has 0 spiro atoms. The van der Waals surface area contributed by atoms with Crippen molar-refractivity contribution in [2.45, 2.75) is 6.92 Å². The van der Waals surface area contributed by atoms with E-state index in [9.17, 15) is 0 Å². The number of rotatable bonds is 1. The van der Waals surface area contributed by atoms with E-state index < -0.39 is 0 Å². The Hall–Kier alpha value is -0.480. The van der Waals surface area contributed by atoms with Crippen molar-refractivity contribution < 1.29 is 0 Å². The Balaban J connectivity index is 2.79. The van der Waals surface area contributed by atoms with E-state index in [-0.39, 0.29) is 0 Å². The fraction of sp³-hybridized carbons (Fsp3) is 0.600. The van der Waals surface area contributed by atoms with Gasteiger partial charge >= 0.3 is 0 Å². The Morgan fingerprint density at radius 3 is 2.50 bits per heavy atom. The summed E-state index contributed by atoms with van der Waals surface area (Å²) < 4.78 is 0. The highest BCUT2D eigenvalue weighted by Gasteiger charge is 1.59. The van der Waals surface area contributed by atoms with Crippen LogP contribution in [0.15, 0.2) is 0 Å². The van der Waals surface area contributed by atoms with Gasteiger partial charge in [0.05, 0.1) is 6.54 Å². The molecule has 0 saturated carbocycles. The van der Waals surface area contributed by atoms with Crippen molar-refractivity contribution in [2.24, 2.45) is 0 Å². The van der Waals surface area contributed by atoms with Crippen molar-refractivity contribution in [1.82, 2.24) is 5.32 Å². The fourth-order valence-electron chi connectivity index (χ4n) is 0.177. The molecule has 0 atom stereocenters. The summed E-state index contributed by atoms with van der Waals surface area (Å²) in [6.07, 6.45) is 0. The zero-order valence-electron chi connectivity index (χ0n) is 4.21. The summed E-state index contributed by atoms with van der Waals surface area (Å²) in [5.74, 6) is 5.59. The largest absolute Gasteiger partial charge is 0.309 e. The molecular formula is C5H9N. The van der Waals surface area contributed by atoms with Crippen LogP contribution >= 0.6 is 0 Å². The van der Waals surface area contributed by atoms with Gasteiger partial charge in [0, 0.05) is 0 Å². The Labute approximate surface area is 38.7 Å². The van der Waals surface area contributed by atoms with Crippen LogP contribution in [0.1, 0.15) is 6.92 Å². The SMILES string of the molecule is CC#CCNC. The van der Waals surface area contributed by atoms with E-state index in [1.807, 2.05) is 14.0 Å². The Bertz CT molecular complexity index is 65.7. The lowest BCUT2D eigenvalue weighted by molar-refractivity contribution is 0.938. The molecule has 0 radical (unpaired) electrons. The minimum atomic E-state index is 0.802. The van der Waals surface area contributed by atoms with Gasteiger partial charge in [-0.2, -0.15) is 0 Å². The Kier molecular flexibility index (Phi) is 4.16. The molecule has 0 unspecified atom stereocenters. The second-order valence-corrected chi connectivity index (χ2v) is 0.957. The van der Waals surface area contributed by atoms with Crippen LogP contribution in [0.4, 0.5) is 0 Å². The maximum absolute atomic E-state index is 2.90. The predicted molar refractivity (Wildman–Crippen MR) is 27.4 cm³/mol. The maximum Gasteiger partial charge on any atom is 0.0573 e. The van der Waals surface area contributed by atoms with Gasteiger partial charge < -0.3 is 5.32 Å². The van der Waals surface area contributed by atoms with Gasteiger partial charge in [-0.15, -0.1) is 5.92 Å². The monoisotopic (exact) mass is 83.1 g/mol. The van der Waals surface area contributed by atoms with Gasteiger partial charge in [0.15, 0.2) is 0 Å². The molecule has 0 aliphatic rings. The summed E-state index contributed by atoms with van der Waals surface area (Å²) >= 11 is 0. The van der Waals surface area contributed by atoms with Gasteiger partial charge in [-0.3, -0.25) is 0 Å². The highest BCUT2D eigenvalue weighted by molar-refractivity contribution is 4.96. The molecule has 0 aromatic carbocycles. The number of hydrogen-bond acceptors (Lipinski definition) is 1. The summed E-state index contributed by atoms with van der Waals surface area (Å²) in [5, 5.41) is 2.90. The van der Waals surface area contributed by atoms with E-state index in [1.54, 1.807) is 0 Å². The molecule has 1 nitrogen and oxygen atoms in total. The highest BCUT2D eigenvalue weighted by atomic mass is 14.8. The molecule has 0 bridgehead atoms. The third kappa shape index (κ3) is 3.52. The number of hydrogen-bond donors (Lipinski definition) is 1. The Morgan fingerprint density at radius 1 is 1.67 bits per heavy atom. The first-order chi connectivity index (χ1) is 2.91. The van der Waals surface area contributed by atoms with Crippen LogP contribution in [0.5, 0.6) is 0 Å². The topological polar surface area (TPSA) is 12.0 Å². The second kappa shape index (κ2) is 4.52. The lowest BCUT2D eigenvalue weighted by Gasteiger charge is -1.78. The van der Waals surface area contributed by atoms with Crippen molar-refractivity contribution in [3.05, 3.63) is 0 Å². The van der Waals surface area contributed by atoms with Crippen LogP contribution in [-0.4, -0.2) is 13.6 Å². The van der Waals surface area contributed by atoms with Crippen LogP contribution in [0.25, 0.3) is 0 Å². The smallest absolute Gasteiger partial charge is 0.0573 e. The highest BCUT2D eigenvalue weighted by Crippen LogP contribution is 1.46. The van der Waals surface area contributed by atoms with Crippen LogP contribution < -0.4 is 5.32 Å². The standard InChI is InChI=1S/C5H9N/c1-3-4-5-6-2/h6H,5H2,1-2H3. The molecule has 0 aliphatic heterocycles. The first-order valence-corrected chi connectivity index (χ1v) is 1.96. The van der Waals surface area contributed by atoms with Gasteiger partial charge in [0.25, 0.3) is 0 Å². The first-order valence-electron chi connectivity index (χ1n) is 1.96. The van der Waals surface area contributed by atoms with Gasteiger partial charge in [-0.25, -0.2) is 0 Å². The van der Waals surface area contributed by atoms with E-state index >= 15 is 0 Å².